The molecule has 2 N–H and O–H groups in total. The first kappa shape index (κ1) is 24.3. The summed E-state index contributed by atoms with van der Waals surface area (Å²) in [6.45, 7) is 3.83. The van der Waals surface area contributed by atoms with Gasteiger partial charge in [0.25, 0.3) is 0 Å². The number of carboxylic acids is 1. The van der Waals surface area contributed by atoms with Crippen molar-refractivity contribution in [1.29, 1.82) is 0 Å². The Bertz CT molecular complexity index is 1330. The highest BCUT2D eigenvalue weighted by atomic mass is 16.4. The van der Waals surface area contributed by atoms with Crippen LogP contribution < -0.4 is 0 Å². The Kier molecular flexibility index (Phi) is 7.07. The van der Waals surface area contributed by atoms with Crippen LogP contribution in [0.25, 0.3) is 11.1 Å². The molecular weight excluding hydrogens is 444 g/mol. The van der Waals surface area contributed by atoms with Gasteiger partial charge in [0.05, 0.1) is 5.56 Å². The Morgan fingerprint density at radius 1 is 1.00 bits per heavy atom. The van der Waals surface area contributed by atoms with E-state index in [1.807, 2.05) is 28.8 Å². The number of aliphatic hydroxyl groups is 1. The molecule has 7 heteroatoms. The largest absolute Gasteiger partial charge is 0.478 e. The van der Waals surface area contributed by atoms with E-state index in [2.05, 4.69) is 11.9 Å². The molecule has 3 aromatic rings. The number of aryl methyl sites for hydroxylation is 1. The molecule has 1 heterocycles. The summed E-state index contributed by atoms with van der Waals surface area (Å²) in [5.74, 6) is -0.814. The number of allylic oxidation sites excluding steroid dienone is 1. The summed E-state index contributed by atoms with van der Waals surface area (Å²) in [5, 5.41) is 18.9. The van der Waals surface area contributed by atoms with Crippen LogP contribution in [0.4, 0.5) is 0 Å². The number of aromatic nitrogens is 2. The number of carbonyl (C=O) groups excluding carboxylic acids is 2. The lowest BCUT2D eigenvalue weighted by molar-refractivity contribution is 0.0697. The molecule has 4 rings (SSSR count). The number of rotatable bonds is 9. The number of carbonyl (C=O) groups is 3. The van der Waals surface area contributed by atoms with Gasteiger partial charge in [-0.05, 0) is 42.5 Å². The average Bonchev–Trinajstić information content (AvgIpc) is 3.22. The summed E-state index contributed by atoms with van der Waals surface area (Å²) in [5.41, 5.74) is 3.70. The van der Waals surface area contributed by atoms with Gasteiger partial charge >= 0.3 is 5.97 Å². The van der Waals surface area contributed by atoms with E-state index in [0.717, 1.165) is 24.0 Å². The number of hydrogen-bond donors (Lipinski definition) is 2. The number of aliphatic hydroxyl groups excluding tert-OH is 1. The number of nitrogens with zero attached hydrogens (tertiary/aromatic N) is 2. The van der Waals surface area contributed by atoms with Crippen molar-refractivity contribution in [3.8, 4) is 11.1 Å². The third kappa shape index (κ3) is 4.59. The number of unbranched alkanes of at least 4 members (excludes halogenated alkanes) is 1. The number of Topliss-reactive ketones (excluding diaryl/α,β-unsaturated/α-hetero) is 2. The third-order valence-electron chi connectivity index (χ3n) is 6.42. The second-order valence-corrected chi connectivity index (χ2v) is 8.70. The van der Waals surface area contributed by atoms with E-state index in [-0.39, 0.29) is 41.5 Å². The third-order valence-corrected chi connectivity index (χ3v) is 6.42. The fourth-order valence-electron chi connectivity index (χ4n) is 4.52. The molecule has 0 saturated heterocycles. The highest BCUT2D eigenvalue weighted by molar-refractivity contribution is 6.25. The van der Waals surface area contributed by atoms with Crippen molar-refractivity contribution in [2.24, 2.45) is 0 Å². The molecule has 2 aromatic carbocycles. The fraction of sp³-hybridized carbons (Fsp3) is 0.286. The van der Waals surface area contributed by atoms with Crippen molar-refractivity contribution in [2.45, 2.75) is 46.1 Å². The summed E-state index contributed by atoms with van der Waals surface area (Å²) in [6.07, 6.45) is 2.59. The monoisotopic (exact) mass is 472 g/mol. The van der Waals surface area contributed by atoms with Crippen LogP contribution in [0, 0.1) is 0 Å². The van der Waals surface area contributed by atoms with Gasteiger partial charge in [-0.3, -0.25) is 9.59 Å². The number of ketones is 2. The lowest BCUT2D eigenvalue weighted by atomic mass is 9.89. The predicted octanol–water partition coefficient (Wildman–Crippen LogP) is 4.72. The van der Waals surface area contributed by atoms with E-state index in [1.54, 1.807) is 31.2 Å². The molecule has 0 aliphatic heterocycles. The molecule has 0 fully saturated rings. The molecule has 0 unspecified atom stereocenters. The number of imidazole rings is 1. The summed E-state index contributed by atoms with van der Waals surface area (Å²) >= 11 is 0. The van der Waals surface area contributed by atoms with Gasteiger partial charge in [0, 0.05) is 30.7 Å². The van der Waals surface area contributed by atoms with Crippen LogP contribution in [0.3, 0.4) is 0 Å². The topological polar surface area (TPSA) is 109 Å². The van der Waals surface area contributed by atoms with Gasteiger partial charge in [-0.1, -0.05) is 55.8 Å². The molecule has 0 spiro atoms. The van der Waals surface area contributed by atoms with Crippen molar-refractivity contribution < 1.29 is 24.6 Å². The van der Waals surface area contributed by atoms with Gasteiger partial charge in [-0.15, -0.1) is 0 Å². The number of hydrogen-bond acceptors (Lipinski definition) is 5. The molecule has 1 aliphatic rings. The zero-order chi connectivity index (χ0) is 25.1. The first-order valence-electron chi connectivity index (χ1n) is 11.8. The quantitative estimate of drug-likeness (QED) is 0.466. The van der Waals surface area contributed by atoms with Crippen LogP contribution in [0.5, 0.6) is 0 Å². The van der Waals surface area contributed by atoms with Gasteiger partial charge in [0.1, 0.15) is 17.2 Å². The SMILES string of the molecule is CCCCc1nc2c(n1Cc1ccc(-c3ccccc3C(=O)O)cc1)C(=O)C(CCO)=C(C)C2=O. The van der Waals surface area contributed by atoms with Crippen molar-refractivity contribution in [3.63, 3.8) is 0 Å². The highest BCUT2D eigenvalue weighted by Gasteiger charge is 2.35. The predicted molar refractivity (Wildman–Crippen MR) is 132 cm³/mol. The Morgan fingerprint density at radius 3 is 2.37 bits per heavy atom. The standard InChI is InChI=1S/C28H28N2O5/c1-3-4-9-23-29-24-25(27(33)20(14-15-31)17(2)26(24)32)30(23)16-18-10-12-19(13-11-18)21-7-5-6-8-22(21)28(34)35/h5-8,10-13,31H,3-4,9,14-16H2,1-2H3,(H,34,35). The summed E-state index contributed by atoms with van der Waals surface area (Å²) in [6, 6.07) is 14.4. The van der Waals surface area contributed by atoms with Gasteiger partial charge in [0.15, 0.2) is 0 Å². The lowest BCUT2D eigenvalue weighted by Crippen LogP contribution is -2.24. The number of carboxylic acid groups (broad SMARTS) is 1. The molecule has 1 aromatic heterocycles. The molecule has 0 bridgehead atoms. The van der Waals surface area contributed by atoms with E-state index in [4.69, 9.17) is 0 Å². The van der Waals surface area contributed by atoms with Gasteiger partial charge in [-0.25, -0.2) is 9.78 Å². The number of aromatic carboxylic acids is 1. The molecule has 0 saturated carbocycles. The maximum absolute atomic E-state index is 13.4. The molecule has 0 atom stereocenters. The molecule has 1 aliphatic carbocycles. The van der Waals surface area contributed by atoms with E-state index >= 15 is 0 Å². The Labute approximate surface area is 203 Å². The van der Waals surface area contributed by atoms with Crippen LogP contribution in [0.15, 0.2) is 59.7 Å². The lowest BCUT2D eigenvalue weighted by Gasteiger charge is -2.18. The highest BCUT2D eigenvalue weighted by Crippen LogP contribution is 2.30. The first-order valence-corrected chi connectivity index (χ1v) is 11.8. The van der Waals surface area contributed by atoms with Crippen LogP contribution in [0.1, 0.15) is 75.8 Å². The zero-order valence-corrected chi connectivity index (χ0v) is 19.9. The average molecular weight is 473 g/mol. The second kappa shape index (κ2) is 10.2. The van der Waals surface area contributed by atoms with Crippen molar-refractivity contribution in [1.82, 2.24) is 9.55 Å². The molecule has 7 nitrogen and oxygen atoms in total. The fourth-order valence-corrected chi connectivity index (χ4v) is 4.52. The summed E-state index contributed by atoms with van der Waals surface area (Å²) in [7, 11) is 0. The Morgan fingerprint density at radius 2 is 1.71 bits per heavy atom. The molecule has 0 radical (unpaired) electrons. The van der Waals surface area contributed by atoms with E-state index in [9.17, 15) is 24.6 Å². The minimum absolute atomic E-state index is 0.128. The zero-order valence-electron chi connectivity index (χ0n) is 19.9. The summed E-state index contributed by atoms with van der Waals surface area (Å²) in [4.78, 5) is 42.6. The van der Waals surface area contributed by atoms with Crippen LogP contribution >= 0.6 is 0 Å². The number of benzene rings is 2. The van der Waals surface area contributed by atoms with Crippen LogP contribution in [-0.2, 0) is 13.0 Å². The molecular formula is C28H28N2O5. The van der Waals surface area contributed by atoms with Gasteiger partial charge in [-0.2, -0.15) is 0 Å². The van der Waals surface area contributed by atoms with Crippen molar-refractivity contribution in [2.75, 3.05) is 6.61 Å². The normalized spacial score (nSPS) is 13.3. The van der Waals surface area contributed by atoms with Gasteiger partial charge in [0.2, 0.25) is 11.6 Å². The maximum atomic E-state index is 13.4. The summed E-state index contributed by atoms with van der Waals surface area (Å²) < 4.78 is 1.83. The van der Waals surface area contributed by atoms with Crippen molar-refractivity contribution in [3.05, 3.63) is 88.0 Å². The molecule has 35 heavy (non-hydrogen) atoms. The van der Waals surface area contributed by atoms with Crippen molar-refractivity contribution >= 4 is 17.5 Å². The Balaban J connectivity index is 1.72. The Hall–Kier alpha value is -3.84. The minimum Gasteiger partial charge on any atom is -0.478 e. The van der Waals surface area contributed by atoms with E-state index < -0.39 is 5.97 Å². The maximum Gasteiger partial charge on any atom is 0.336 e. The number of fused-ring (bicyclic) bond motifs is 1. The van der Waals surface area contributed by atoms with E-state index in [1.165, 1.54) is 0 Å². The van der Waals surface area contributed by atoms with Crippen LogP contribution in [-0.4, -0.2) is 43.9 Å². The first-order chi connectivity index (χ1) is 16.9. The smallest absolute Gasteiger partial charge is 0.336 e. The van der Waals surface area contributed by atoms with Gasteiger partial charge < -0.3 is 14.8 Å². The molecule has 180 valence electrons. The van der Waals surface area contributed by atoms with Crippen LogP contribution in [0.2, 0.25) is 0 Å². The second-order valence-electron chi connectivity index (χ2n) is 8.70. The minimum atomic E-state index is -0.986. The molecule has 0 amide bonds. The van der Waals surface area contributed by atoms with E-state index in [0.29, 0.717) is 35.5 Å².